The summed E-state index contributed by atoms with van der Waals surface area (Å²) < 4.78 is 55.8. The summed E-state index contributed by atoms with van der Waals surface area (Å²) in [5.41, 5.74) is -0.0473. The Bertz CT molecular complexity index is 1270. The molecular formula is C16H11ClF2N6O2S. The topological polar surface area (TPSA) is 94.7 Å². The summed E-state index contributed by atoms with van der Waals surface area (Å²) >= 11 is 5.90. The Balaban J connectivity index is 1.71. The lowest BCUT2D eigenvalue weighted by Gasteiger charge is -2.10. The molecule has 0 radical (unpaired) electrons. The van der Waals surface area contributed by atoms with Gasteiger partial charge >= 0.3 is 6.55 Å². The third-order valence-corrected chi connectivity index (χ3v) is 5.41. The zero-order valence-electron chi connectivity index (χ0n) is 13.9. The van der Waals surface area contributed by atoms with Crippen molar-refractivity contribution in [1.29, 1.82) is 0 Å². The molecule has 0 amide bonds. The Morgan fingerprint density at radius 1 is 1.14 bits per heavy atom. The Kier molecular flexibility index (Phi) is 4.47. The number of halogens is 3. The molecule has 0 aliphatic heterocycles. The van der Waals surface area contributed by atoms with Crippen LogP contribution in [0.3, 0.4) is 0 Å². The van der Waals surface area contributed by atoms with Gasteiger partial charge < -0.3 is 0 Å². The van der Waals surface area contributed by atoms with Gasteiger partial charge in [-0.2, -0.15) is 19.0 Å². The lowest BCUT2D eigenvalue weighted by atomic mass is 10.2. The van der Waals surface area contributed by atoms with Crippen LogP contribution in [0.25, 0.3) is 16.7 Å². The number of nitrogens with one attached hydrogen (secondary N) is 1. The summed E-state index contributed by atoms with van der Waals surface area (Å²) in [6.45, 7) is -2.92. The number of nitrogens with zero attached hydrogens (tertiary/aromatic N) is 5. The first-order chi connectivity index (χ1) is 13.3. The van der Waals surface area contributed by atoms with Crippen molar-refractivity contribution < 1.29 is 17.2 Å². The Labute approximate surface area is 162 Å². The van der Waals surface area contributed by atoms with Crippen molar-refractivity contribution >= 4 is 38.2 Å². The third kappa shape index (κ3) is 3.29. The predicted molar refractivity (Wildman–Crippen MR) is 98.2 cm³/mol. The Hall–Kier alpha value is -3.05. The molecule has 1 N–H and O–H groups in total. The van der Waals surface area contributed by atoms with Crippen LogP contribution in [0.5, 0.6) is 0 Å². The highest BCUT2D eigenvalue weighted by atomic mass is 35.5. The highest BCUT2D eigenvalue weighted by Crippen LogP contribution is 2.28. The minimum atomic E-state index is -4.10. The van der Waals surface area contributed by atoms with Crippen LogP contribution in [-0.2, 0) is 10.0 Å². The van der Waals surface area contributed by atoms with Gasteiger partial charge in [0.2, 0.25) is 0 Å². The van der Waals surface area contributed by atoms with Gasteiger partial charge in [0.05, 0.1) is 29.8 Å². The molecule has 0 aliphatic carbocycles. The maximum atomic E-state index is 13.2. The van der Waals surface area contributed by atoms with Crippen molar-refractivity contribution in [1.82, 2.24) is 24.5 Å². The summed E-state index contributed by atoms with van der Waals surface area (Å²) in [4.78, 5) is 3.89. The Morgan fingerprint density at radius 3 is 2.71 bits per heavy atom. The molecule has 0 unspecified atom stereocenters. The number of anilines is 1. The number of aromatic nitrogens is 5. The molecule has 3 aromatic heterocycles. The second-order valence-corrected chi connectivity index (χ2v) is 7.79. The van der Waals surface area contributed by atoms with Crippen LogP contribution in [-0.4, -0.2) is 33.0 Å². The molecule has 0 fully saturated rings. The highest BCUT2D eigenvalue weighted by molar-refractivity contribution is 7.92. The van der Waals surface area contributed by atoms with Crippen LogP contribution in [0.15, 0.2) is 60.0 Å². The molecule has 0 aliphatic rings. The second kappa shape index (κ2) is 6.84. The van der Waals surface area contributed by atoms with Gasteiger partial charge in [0.1, 0.15) is 4.90 Å². The number of rotatable bonds is 5. The van der Waals surface area contributed by atoms with Crippen molar-refractivity contribution in [3.63, 3.8) is 0 Å². The first-order valence-electron chi connectivity index (χ1n) is 7.79. The molecule has 0 bridgehead atoms. The highest BCUT2D eigenvalue weighted by Gasteiger charge is 2.21. The molecule has 28 heavy (non-hydrogen) atoms. The number of para-hydroxylation sites is 1. The number of sulfonamides is 1. The van der Waals surface area contributed by atoms with E-state index in [2.05, 4.69) is 19.9 Å². The molecule has 3 heterocycles. The van der Waals surface area contributed by atoms with Crippen LogP contribution >= 0.6 is 11.6 Å². The lowest BCUT2D eigenvalue weighted by molar-refractivity contribution is 0.0616. The smallest absolute Gasteiger partial charge is 0.277 e. The summed E-state index contributed by atoms with van der Waals surface area (Å²) in [5.74, 6) is 0.326. The molecule has 12 heteroatoms. The second-order valence-electron chi connectivity index (χ2n) is 5.67. The molecule has 0 spiro atoms. The van der Waals surface area contributed by atoms with E-state index in [1.165, 1.54) is 41.5 Å². The molecule has 0 saturated heterocycles. The minimum Gasteiger partial charge on any atom is -0.277 e. The van der Waals surface area contributed by atoms with Gasteiger partial charge in [-0.1, -0.05) is 23.7 Å². The average Bonchev–Trinajstić information content (AvgIpc) is 3.30. The van der Waals surface area contributed by atoms with Crippen molar-refractivity contribution in [2.75, 3.05) is 4.72 Å². The van der Waals surface area contributed by atoms with Crippen LogP contribution in [0, 0.1) is 0 Å². The van der Waals surface area contributed by atoms with Gasteiger partial charge in [0.15, 0.2) is 5.82 Å². The van der Waals surface area contributed by atoms with Crippen molar-refractivity contribution in [3.8, 4) is 5.82 Å². The summed E-state index contributed by atoms with van der Waals surface area (Å²) in [6, 6.07) is 7.56. The standard InChI is InChI=1S/C16H11ClF2N6O2S/c17-11-4-5-20-14(6-11)24-9-12(8-21-24)28(26,27)23-13-3-1-2-10-7-22-25(15(10)13)16(18)19/h1-9,16,23H. The fourth-order valence-electron chi connectivity index (χ4n) is 2.63. The first-order valence-corrected chi connectivity index (χ1v) is 9.65. The Morgan fingerprint density at radius 2 is 1.96 bits per heavy atom. The normalized spacial score (nSPS) is 12.0. The SMILES string of the molecule is O=S(=O)(Nc1cccc2cnn(C(F)F)c12)c1cnn(-c2cc(Cl)ccn2)c1. The van der Waals surface area contributed by atoms with Gasteiger partial charge in [0.25, 0.3) is 10.0 Å². The van der Waals surface area contributed by atoms with Crippen molar-refractivity contribution in [2.45, 2.75) is 11.4 Å². The molecule has 4 rings (SSSR count). The molecule has 8 nitrogen and oxygen atoms in total. The lowest BCUT2D eigenvalue weighted by Crippen LogP contribution is -2.14. The number of hydrogen-bond acceptors (Lipinski definition) is 5. The van der Waals surface area contributed by atoms with E-state index in [9.17, 15) is 17.2 Å². The number of pyridine rings is 1. The average molecular weight is 425 g/mol. The van der Waals surface area contributed by atoms with E-state index in [0.717, 1.165) is 6.20 Å². The van der Waals surface area contributed by atoms with Crippen LogP contribution in [0.2, 0.25) is 5.02 Å². The van der Waals surface area contributed by atoms with Gasteiger partial charge in [-0.15, -0.1) is 0 Å². The summed E-state index contributed by atoms with van der Waals surface area (Å²) in [6.07, 6.45) is 5.06. The van der Waals surface area contributed by atoms with E-state index in [1.807, 2.05) is 0 Å². The van der Waals surface area contributed by atoms with Crippen LogP contribution < -0.4 is 4.72 Å². The fraction of sp³-hybridized carbons (Fsp3) is 0.0625. The van der Waals surface area contributed by atoms with Gasteiger partial charge in [-0.05, 0) is 12.1 Å². The van der Waals surface area contributed by atoms with Crippen LogP contribution in [0.4, 0.5) is 14.5 Å². The van der Waals surface area contributed by atoms with E-state index in [1.54, 1.807) is 12.1 Å². The number of fused-ring (bicyclic) bond motifs is 1. The van der Waals surface area contributed by atoms with E-state index in [-0.39, 0.29) is 16.1 Å². The van der Waals surface area contributed by atoms with Crippen LogP contribution in [0.1, 0.15) is 6.55 Å². The van der Waals surface area contributed by atoms with Crippen molar-refractivity contribution in [2.24, 2.45) is 0 Å². The minimum absolute atomic E-state index is 0.0232. The third-order valence-electron chi connectivity index (χ3n) is 3.86. The molecular weight excluding hydrogens is 414 g/mol. The summed E-state index contributed by atoms with van der Waals surface area (Å²) in [7, 11) is -4.10. The van der Waals surface area contributed by atoms with E-state index in [4.69, 9.17) is 11.6 Å². The zero-order valence-corrected chi connectivity index (χ0v) is 15.4. The molecule has 144 valence electrons. The van der Waals surface area contributed by atoms with Gasteiger partial charge in [-0.25, -0.2) is 22.8 Å². The molecule has 4 aromatic rings. The first kappa shape index (κ1) is 18.3. The van der Waals surface area contributed by atoms with E-state index < -0.39 is 16.6 Å². The zero-order chi connectivity index (χ0) is 19.9. The van der Waals surface area contributed by atoms with Gasteiger partial charge in [0, 0.05) is 22.7 Å². The maximum absolute atomic E-state index is 13.2. The molecule has 0 atom stereocenters. The summed E-state index contributed by atoms with van der Waals surface area (Å²) in [5, 5.41) is 8.36. The number of hydrogen-bond donors (Lipinski definition) is 1. The number of alkyl halides is 2. The van der Waals surface area contributed by atoms with Crippen molar-refractivity contribution in [3.05, 3.63) is 60.1 Å². The monoisotopic (exact) mass is 424 g/mol. The van der Waals surface area contributed by atoms with Gasteiger partial charge in [-0.3, -0.25) is 4.72 Å². The largest absolute Gasteiger partial charge is 0.333 e. The van der Waals surface area contributed by atoms with E-state index >= 15 is 0 Å². The quantitative estimate of drug-likeness (QED) is 0.529. The van der Waals surface area contributed by atoms with E-state index in [0.29, 0.717) is 20.9 Å². The molecule has 0 saturated carbocycles. The predicted octanol–water partition coefficient (Wildman–Crippen LogP) is 3.47. The molecule has 1 aromatic carbocycles. The maximum Gasteiger partial charge on any atom is 0.333 e. The fourth-order valence-corrected chi connectivity index (χ4v) is 3.78. The number of benzene rings is 1.